The van der Waals surface area contributed by atoms with Gasteiger partial charge in [-0.3, -0.25) is 14.4 Å². The number of carbonyl (C=O) groups is 3. The van der Waals surface area contributed by atoms with Gasteiger partial charge in [0.05, 0.1) is 0 Å². The van der Waals surface area contributed by atoms with Gasteiger partial charge in [-0.25, -0.2) is 0 Å². The summed E-state index contributed by atoms with van der Waals surface area (Å²) in [6.45, 7) is 6.42. The van der Waals surface area contributed by atoms with E-state index in [2.05, 4.69) is 57.2 Å². The maximum Gasteiger partial charge on any atom is 0.306 e. The Morgan fingerprint density at radius 2 is 0.625 bits per heavy atom. The Labute approximate surface area is 395 Å². The molecule has 0 aromatic carbocycles. The molecule has 6 nitrogen and oxygen atoms in total. The van der Waals surface area contributed by atoms with Crippen LogP contribution in [0.5, 0.6) is 0 Å². The maximum absolute atomic E-state index is 12.8. The Morgan fingerprint density at radius 3 is 1.05 bits per heavy atom. The molecule has 366 valence electrons. The van der Waals surface area contributed by atoms with Gasteiger partial charge >= 0.3 is 17.9 Å². The van der Waals surface area contributed by atoms with E-state index < -0.39 is 6.10 Å². The van der Waals surface area contributed by atoms with Crippen LogP contribution in [-0.2, 0) is 28.6 Å². The topological polar surface area (TPSA) is 78.9 Å². The summed E-state index contributed by atoms with van der Waals surface area (Å²) >= 11 is 0. The van der Waals surface area contributed by atoms with Crippen molar-refractivity contribution in [3.8, 4) is 0 Å². The highest BCUT2D eigenvalue weighted by molar-refractivity contribution is 5.71. The first-order valence-electron chi connectivity index (χ1n) is 26.7. The lowest BCUT2D eigenvalue weighted by molar-refractivity contribution is -0.167. The number of esters is 3. The molecule has 0 bridgehead atoms. The third-order valence-electron chi connectivity index (χ3n) is 11.2. The van der Waals surface area contributed by atoms with Gasteiger partial charge in [-0.2, -0.15) is 0 Å². The van der Waals surface area contributed by atoms with E-state index >= 15 is 0 Å². The summed E-state index contributed by atoms with van der Waals surface area (Å²) < 4.78 is 16.8. The van der Waals surface area contributed by atoms with E-state index in [-0.39, 0.29) is 37.5 Å². The number of hydrogen-bond acceptors (Lipinski definition) is 6. The molecule has 64 heavy (non-hydrogen) atoms. The van der Waals surface area contributed by atoms with Crippen LogP contribution in [0.15, 0.2) is 85.1 Å². The van der Waals surface area contributed by atoms with Gasteiger partial charge in [0.25, 0.3) is 0 Å². The molecule has 1 atom stereocenters. The van der Waals surface area contributed by atoms with Crippen molar-refractivity contribution < 1.29 is 28.6 Å². The standard InChI is InChI=1S/C58H98O6/c1-4-7-10-13-16-19-22-25-27-28-29-30-32-33-36-39-42-45-48-51-57(60)63-54-55(53-62-56(59)50-47-44-41-38-35-24-21-18-15-12-9-6-3)64-58(61)52-49-46-43-40-37-34-31-26-23-20-17-14-11-8-5-2/h8,11,14,17-18,20-21,23,26,28-29,31,34,37,55H,4-7,9-10,12-13,15-16,19,22,24-25,27,30,32-33,35-36,38-54H2,1-3H3/b11-8-,17-14-,21-18-,23-20-,29-28-,31-26-,37-34-. The molecule has 0 saturated carbocycles. The molecule has 0 heterocycles. The number of carbonyl (C=O) groups excluding carboxylic acids is 3. The smallest absolute Gasteiger partial charge is 0.306 e. The lowest BCUT2D eigenvalue weighted by Crippen LogP contribution is -2.30. The molecule has 0 aliphatic rings. The van der Waals surface area contributed by atoms with Gasteiger partial charge in [0.15, 0.2) is 6.10 Å². The Bertz CT molecular complexity index is 1250. The largest absolute Gasteiger partial charge is 0.462 e. The molecule has 0 amide bonds. The van der Waals surface area contributed by atoms with Crippen molar-refractivity contribution in [2.45, 2.75) is 252 Å². The normalized spacial score (nSPS) is 12.7. The van der Waals surface area contributed by atoms with Gasteiger partial charge < -0.3 is 14.2 Å². The SMILES string of the molecule is CC\C=C/C=C\C=C/C=C\C=C/CCCCCC(=O)OC(COC(=O)CCCCCCC/C=C\CCCCC)COC(=O)CCCCCCCCC/C=C\CCCCCCCCCC. The minimum atomic E-state index is -0.803. The molecule has 0 rings (SSSR count). The van der Waals surface area contributed by atoms with E-state index in [4.69, 9.17) is 14.2 Å². The van der Waals surface area contributed by atoms with Crippen LogP contribution in [0.4, 0.5) is 0 Å². The van der Waals surface area contributed by atoms with Gasteiger partial charge in [0.2, 0.25) is 0 Å². The highest BCUT2D eigenvalue weighted by atomic mass is 16.6. The van der Waals surface area contributed by atoms with Crippen molar-refractivity contribution in [1.82, 2.24) is 0 Å². The molecular formula is C58H98O6. The third kappa shape index (κ3) is 49.6. The van der Waals surface area contributed by atoms with Crippen LogP contribution in [-0.4, -0.2) is 37.2 Å². The van der Waals surface area contributed by atoms with Gasteiger partial charge in [-0.1, -0.05) is 221 Å². The summed E-state index contributed by atoms with van der Waals surface area (Å²) in [4.78, 5) is 38.0. The Hall–Kier alpha value is -3.41. The van der Waals surface area contributed by atoms with Crippen molar-refractivity contribution >= 4 is 17.9 Å². The average Bonchev–Trinajstić information content (AvgIpc) is 3.29. The molecule has 0 N–H and O–H groups in total. The van der Waals surface area contributed by atoms with Crippen LogP contribution in [0.25, 0.3) is 0 Å². The number of rotatable bonds is 47. The van der Waals surface area contributed by atoms with Crippen molar-refractivity contribution in [2.24, 2.45) is 0 Å². The van der Waals surface area contributed by atoms with E-state index in [0.717, 1.165) is 77.0 Å². The first-order chi connectivity index (χ1) is 31.5. The Balaban J connectivity index is 4.43. The minimum Gasteiger partial charge on any atom is -0.462 e. The van der Waals surface area contributed by atoms with Crippen molar-refractivity contribution in [1.29, 1.82) is 0 Å². The minimum absolute atomic E-state index is 0.0990. The number of unbranched alkanes of at least 4 members (excludes halogenated alkanes) is 26. The van der Waals surface area contributed by atoms with Gasteiger partial charge in [0, 0.05) is 19.3 Å². The van der Waals surface area contributed by atoms with Crippen molar-refractivity contribution in [3.05, 3.63) is 85.1 Å². The first-order valence-corrected chi connectivity index (χ1v) is 26.7. The zero-order chi connectivity index (χ0) is 46.5. The summed E-state index contributed by atoms with van der Waals surface area (Å²) in [7, 11) is 0. The fraction of sp³-hybridized carbons (Fsp3) is 0.707. The fourth-order valence-corrected chi connectivity index (χ4v) is 7.22. The van der Waals surface area contributed by atoms with Crippen molar-refractivity contribution in [2.75, 3.05) is 13.2 Å². The van der Waals surface area contributed by atoms with E-state index in [1.54, 1.807) is 0 Å². The number of ether oxygens (including phenoxy) is 3. The van der Waals surface area contributed by atoms with Crippen LogP contribution in [0.3, 0.4) is 0 Å². The molecule has 0 aliphatic carbocycles. The highest BCUT2D eigenvalue weighted by Crippen LogP contribution is 2.14. The molecule has 0 aromatic heterocycles. The average molecular weight is 891 g/mol. The quantitative estimate of drug-likeness (QED) is 0.0199. The van der Waals surface area contributed by atoms with Crippen LogP contribution in [0.1, 0.15) is 245 Å². The van der Waals surface area contributed by atoms with E-state index in [9.17, 15) is 14.4 Å². The second-order valence-electron chi connectivity index (χ2n) is 17.5. The van der Waals surface area contributed by atoms with Gasteiger partial charge in [-0.15, -0.1) is 0 Å². The fourth-order valence-electron chi connectivity index (χ4n) is 7.22. The van der Waals surface area contributed by atoms with E-state index in [1.807, 2.05) is 48.6 Å². The van der Waals surface area contributed by atoms with Crippen LogP contribution in [0, 0.1) is 0 Å². The number of allylic oxidation sites excluding steroid dienone is 14. The molecule has 0 saturated heterocycles. The van der Waals surface area contributed by atoms with Gasteiger partial charge in [-0.05, 0) is 89.9 Å². The Kier molecular flexibility index (Phi) is 49.4. The van der Waals surface area contributed by atoms with Crippen LogP contribution < -0.4 is 0 Å². The second kappa shape index (κ2) is 52.2. The highest BCUT2D eigenvalue weighted by Gasteiger charge is 2.19. The summed E-state index contributed by atoms with van der Waals surface area (Å²) in [6, 6.07) is 0. The number of hydrogen-bond donors (Lipinski definition) is 0. The predicted molar refractivity (Wildman–Crippen MR) is 274 cm³/mol. The zero-order valence-electron chi connectivity index (χ0n) is 41.8. The van der Waals surface area contributed by atoms with Crippen LogP contribution in [0.2, 0.25) is 0 Å². The lowest BCUT2D eigenvalue weighted by Gasteiger charge is -2.18. The molecule has 1 unspecified atom stereocenters. The summed E-state index contributed by atoms with van der Waals surface area (Å²) in [6.07, 6.45) is 67.1. The summed E-state index contributed by atoms with van der Waals surface area (Å²) in [5.74, 6) is -0.954. The summed E-state index contributed by atoms with van der Waals surface area (Å²) in [5, 5.41) is 0. The molecule has 0 aliphatic heterocycles. The molecule has 0 spiro atoms. The first kappa shape index (κ1) is 60.6. The maximum atomic E-state index is 12.8. The summed E-state index contributed by atoms with van der Waals surface area (Å²) in [5.41, 5.74) is 0. The Morgan fingerprint density at radius 1 is 0.328 bits per heavy atom. The monoisotopic (exact) mass is 891 g/mol. The zero-order valence-corrected chi connectivity index (χ0v) is 41.8. The van der Waals surface area contributed by atoms with Gasteiger partial charge in [0.1, 0.15) is 13.2 Å². The predicted octanol–water partition coefficient (Wildman–Crippen LogP) is 17.6. The molecule has 0 fully saturated rings. The molecular weight excluding hydrogens is 793 g/mol. The van der Waals surface area contributed by atoms with Crippen LogP contribution >= 0.6 is 0 Å². The third-order valence-corrected chi connectivity index (χ3v) is 11.2. The second-order valence-corrected chi connectivity index (χ2v) is 17.5. The lowest BCUT2D eigenvalue weighted by atomic mass is 10.1. The van der Waals surface area contributed by atoms with E-state index in [0.29, 0.717) is 19.3 Å². The van der Waals surface area contributed by atoms with E-state index in [1.165, 1.54) is 122 Å². The van der Waals surface area contributed by atoms with Crippen molar-refractivity contribution in [3.63, 3.8) is 0 Å². The molecule has 0 aromatic rings. The molecule has 6 heteroatoms. The molecule has 0 radical (unpaired) electrons.